The van der Waals surface area contributed by atoms with Crippen LogP contribution in [0.25, 0.3) is 0 Å². The third-order valence-electron chi connectivity index (χ3n) is 3.00. The predicted molar refractivity (Wildman–Crippen MR) is 58.2 cm³/mol. The highest BCUT2D eigenvalue weighted by Gasteiger charge is 2.24. The minimum Gasteiger partial charge on any atom is -0.436 e. The Morgan fingerprint density at radius 2 is 2.07 bits per heavy atom. The molecule has 0 aliphatic heterocycles. The lowest BCUT2D eigenvalue weighted by atomic mass is 9.89. The number of esters is 1. The van der Waals surface area contributed by atoms with E-state index in [1.165, 1.54) is 6.42 Å². The minimum atomic E-state index is -0.889. The van der Waals surface area contributed by atoms with Gasteiger partial charge in [-0.2, -0.15) is 0 Å². The van der Waals surface area contributed by atoms with E-state index in [4.69, 9.17) is 4.74 Å². The Hall–Kier alpha value is -0.570. The largest absolute Gasteiger partial charge is 0.436 e. The van der Waals surface area contributed by atoms with E-state index in [1.54, 1.807) is 0 Å². The number of carbonyl (C=O) groups excluding carboxylic acids is 1. The van der Waals surface area contributed by atoms with E-state index in [1.807, 2.05) is 0 Å². The van der Waals surface area contributed by atoms with Crippen LogP contribution in [0.5, 0.6) is 0 Å². The van der Waals surface area contributed by atoms with Gasteiger partial charge < -0.3 is 9.84 Å². The molecule has 0 heterocycles. The molecule has 0 radical (unpaired) electrons. The van der Waals surface area contributed by atoms with Crippen LogP contribution in [0.15, 0.2) is 0 Å². The van der Waals surface area contributed by atoms with Crippen LogP contribution in [0.2, 0.25) is 0 Å². The van der Waals surface area contributed by atoms with Crippen LogP contribution < -0.4 is 0 Å². The second kappa shape index (κ2) is 6.83. The quantitative estimate of drug-likeness (QED) is 0.565. The lowest BCUT2D eigenvalue weighted by Gasteiger charge is -2.21. The van der Waals surface area contributed by atoms with E-state index in [9.17, 15) is 9.90 Å². The van der Waals surface area contributed by atoms with Gasteiger partial charge in [-0.25, -0.2) is 0 Å². The molecule has 3 nitrogen and oxygen atoms in total. The summed E-state index contributed by atoms with van der Waals surface area (Å²) >= 11 is 0. The molecule has 1 aliphatic rings. The van der Waals surface area contributed by atoms with Gasteiger partial charge in [0.15, 0.2) is 0 Å². The van der Waals surface area contributed by atoms with E-state index < -0.39 is 6.29 Å². The summed E-state index contributed by atoms with van der Waals surface area (Å²) in [6, 6.07) is 0. The second-order valence-corrected chi connectivity index (χ2v) is 4.37. The molecule has 0 aromatic heterocycles. The molecule has 1 saturated carbocycles. The lowest BCUT2D eigenvalue weighted by molar-refractivity contribution is -0.174. The van der Waals surface area contributed by atoms with Gasteiger partial charge in [0, 0.05) is 6.42 Å². The Morgan fingerprint density at radius 1 is 1.40 bits per heavy atom. The van der Waals surface area contributed by atoms with Crippen molar-refractivity contribution in [2.24, 2.45) is 5.92 Å². The van der Waals surface area contributed by atoms with Crippen LogP contribution in [-0.2, 0) is 9.53 Å². The first-order valence-electron chi connectivity index (χ1n) is 6.12. The van der Waals surface area contributed by atoms with Gasteiger partial charge in [-0.05, 0) is 19.3 Å². The molecular formula is C12H22O3. The van der Waals surface area contributed by atoms with Gasteiger partial charge in [-0.1, -0.05) is 32.6 Å². The molecule has 0 amide bonds. The van der Waals surface area contributed by atoms with Gasteiger partial charge in [0.25, 0.3) is 0 Å². The van der Waals surface area contributed by atoms with Crippen LogP contribution in [-0.4, -0.2) is 17.4 Å². The Morgan fingerprint density at radius 3 is 2.67 bits per heavy atom. The van der Waals surface area contributed by atoms with Crippen molar-refractivity contribution in [1.29, 1.82) is 0 Å². The first kappa shape index (κ1) is 12.5. The standard InChI is InChI=1S/C12H22O3/c1-2-3-9-11(13)15-12(14)10-7-5-4-6-8-10/h10-11,13H,2-9H2,1H3. The lowest BCUT2D eigenvalue weighted by Crippen LogP contribution is -2.25. The minimum absolute atomic E-state index is 0.0371. The molecule has 0 bridgehead atoms. The number of aliphatic hydroxyl groups is 1. The number of hydrogen-bond acceptors (Lipinski definition) is 3. The van der Waals surface area contributed by atoms with Gasteiger partial charge in [0.2, 0.25) is 6.29 Å². The fourth-order valence-electron chi connectivity index (χ4n) is 2.01. The summed E-state index contributed by atoms with van der Waals surface area (Å²) in [7, 11) is 0. The molecule has 1 aliphatic carbocycles. The number of carbonyl (C=O) groups is 1. The molecule has 0 aromatic rings. The van der Waals surface area contributed by atoms with Crippen LogP contribution in [0.4, 0.5) is 0 Å². The fraction of sp³-hybridized carbons (Fsp3) is 0.917. The van der Waals surface area contributed by atoms with Crippen molar-refractivity contribution in [2.45, 2.75) is 64.6 Å². The van der Waals surface area contributed by atoms with Gasteiger partial charge in [-0.15, -0.1) is 0 Å². The third-order valence-corrected chi connectivity index (χ3v) is 3.00. The maximum atomic E-state index is 11.6. The molecular weight excluding hydrogens is 192 g/mol. The predicted octanol–water partition coefficient (Wildman–Crippen LogP) is 2.62. The summed E-state index contributed by atoms with van der Waals surface area (Å²) in [5, 5.41) is 9.44. The molecule has 1 N–H and O–H groups in total. The normalized spacial score (nSPS) is 19.9. The van der Waals surface area contributed by atoms with E-state index >= 15 is 0 Å². The molecule has 3 heteroatoms. The van der Waals surface area contributed by atoms with Gasteiger partial charge in [0.1, 0.15) is 0 Å². The van der Waals surface area contributed by atoms with Crippen LogP contribution >= 0.6 is 0 Å². The average Bonchev–Trinajstić information content (AvgIpc) is 2.27. The Labute approximate surface area is 91.8 Å². The summed E-state index contributed by atoms with van der Waals surface area (Å²) in [6.45, 7) is 2.05. The molecule has 15 heavy (non-hydrogen) atoms. The maximum absolute atomic E-state index is 11.6. The Kier molecular flexibility index (Phi) is 5.69. The third kappa shape index (κ3) is 4.65. The van der Waals surface area contributed by atoms with Gasteiger partial charge in [0.05, 0.1) is 5.92 Å². The first-order chi connectivity index (χ1) is 7.24. The number of ether oxygens (including phenoxy) is 1. The highest BCUT2D eigenvalue weighted by atomic mass is 16.6. The van der Waals surface area contributed by atoms with E-state index in [2.05, 4.69) is 6.92 Å². The Balaban J connectivity index is 2.21. The van der Waals surface area contributed by atoms with Crippen molar-refractivity contribution in [3.63, 3.8) is 0 Å². The zero-order chi connectivity index (χ0) is 11.1. The van der Waals surface area contributed by atoms with Crippen molar-refractivity contribution in [3.05, 3.63) is 0 Å². The van der Waals surface area contributed by atoms with Crippen molar-refractivity contribution in [1.82, 2.24) is 0 Å². The fourth-order valence-corrected chi connectivity index (χ4v) is 2.01. The zero-order valence-electron chi connectivity index (χ0n) is 9.58. The first-order valence-corrected chi connectivity index (χ1v) is 6.12. The summed E-state index contributed by atoms with van der Waals surface area (Å²) in [5.74, 6) is -0.159. The molecule has 0 spiro atoms. The zero-order valence-corrected chi connectivity index (χ0v) is 9.58. The molecule has 0 saturated heterocycles. The highest BCUT2D eigenvalue weighted by Crippen LogP contribution is 2.25. The van der Waals surface area contributed by atoms with Crippen LogP contribution in [0.3, 0.4) is 0 Å². The summed E-state index contributed by atoms with van der Waals surface area (Å²) in [6.07, 6.45) is 6.90. The van der Waals surface area contributed by atoms with Crippen LogP contribution in [0.1, 0.15) is 58.3 Å². The smallest absolute Gasteiger partial charge is 0.311 e. The maximum Gasteiger partial charge on any atom is 0.311 e. The highest BCUT2D eigenvalue weighted by molar-refractivity contribution is 5.72. The van der Waals surface area contributed by atoms with Crippen molar-refractivity contribution < 1.29 is 14.6 Å². The van der Waals surface area contributed by atoms with E-state index in [0.717, 1.165) is 38.5 Å². The van der Waals surface area contributed by atoms with Gasteiger partial charge >= 0.3 is 5.97 Å². The van der Waals surface area contributed by atoms with Crippen molar-refractivity contribution in [3.8, 4) is 0 Å². The SMILES string of the molecule is CCCCC(O)OC(=O)C1CCCCC1. The number of aliphatic hydroxyl groups excluding tert-OH is 1. The van der Waals surface area contributed by atoms with E-state index in [-0.39, 0.29) is 11.9 Å². The number of unbranched alkanes of at least 4 members (excludes halogenated alkanes) is 1. The molecule has 1 fully saturated rings. The second-order valence-electron chi connectivity index (χ2n) is 4.37. The van der Waals surface area contributed by atoms with E-state index in [0.29, 0.717) is 6.42 Å². The van der Waals surface area contributed by atoms with Crippen molar-refractivity contribution in [2.75, 3.05) is 0 Å². The van der Waals surface area contributed by atoms with Crippen molar-refractivity contribution >= 4 is 5.97 Å². The Bertz CT molecular complexity index is 185. The molecule has 1 atom stereocenters. The summed E-state index contributed by atoms with van der Waals surface area (Å²) < 4.78 is 5.01. The number of rotatable bonds is 5. The monoisotopic (exact) mass is 214 g/mol. The average molecular weight is 214 g/mol. The van der Waals surface area contributed by atoms with Crippen LogP contribution in [0, 0.1) is 5.92 Å². The molecule has 1 rings (SSSR count). The number of hydrogen-bond donors (Lipinski definition) is 1. The molecule has 88 valence electrons. The summed E-state index contributed by atoms with van der Waals surface area (Å²) in [4.78, 5) is 11.6. The molecule has 1 unspecified atom stereocenters. The molecule has 0 aromatic carbocycles. The van der Waals surface area contributed by atoms with Gasteiger partial charge in [-0.3, -0.25) is 4.79 Å². The topological polar surface area (TPSA) is 46.5 Å². The summed E-state index contributed by atoms with van der Waals surface area (Å²) in [5.41, 5.74) is 0.